The average Bonchev–Trinajstić information content (AvgIpc) is 2.12. The van der Waals surface area contributed by atoms with Gasteiger partial charge in [0, 0.05) is 4.47 Å². The van der Waals surface area contributed by atoms with E-state index in [9.17, 15) is 4.79 Å². The molecule has 70 valence electrons. The summed E-state index contributed by atoms with van der Waals surface area (Å²) in [7, 11) is 1.32. The van der Waals surface area contributed by atoms with Crippen molar-refractivity contribution in [3.63, 3.8) is 0 Å². The van der Waals surface area contributed by atoms with Crippen molar-refractivity contribution >= 4 is 49.4 Å². The fourth-order valence-electron chi connectivity index (χ4n) is 0.816. The summed E-state index contributed by atoms with van der Waals surface area (Å²) in [6, 6.07) is 3.38. The van der Waals surface area contributed by atoms with Crippen LogP contribution in [0.2, 0.25) is 5.02 Å². The molecule has 0 heterocycles. The zero-order valence-corrected chi connectivity index (χ0v) is 10.5. The van der Waals surface area contributed by atoms with Crippen LogP contribution in [0.4, 0.5) is 0 Å². The van der Waals surface area contributed by atoms with Crippen LogP contribution in [0.3, 0.4) is 0 Å². The Kier molecular flexibility index (Phi) is 3.76. The summed E-state index contributed by atoms with van der Waals surface area (Å²) in [5, 5.41) is 0.476. The van der Waals surface area contributed by atoms with E-state index in [2.05, 4.69) is 36.6 Å². The third kappa shape index (κ3) is 2.24. The summed E-state index contributed by atoms with van der Waals surface area (Å²) in [5.74, 6) is -0.429. The third-order valence-corrected chi connectivity index (χ3v) is 3.46. The number of ether oxygens (including phenoxy) is 1. The lowest BCUT2D eigenvalue weighted by atomic mass is 10.2. The van der Waals surface area contributed by atoms with Gasteiger partial charge < -0.3 is 4.74 Å². The molecule has 13 heavy (non-hydrogen) atoms. The van der Waals surface area contributed by atoms with E-state index in [0.29, 0.717) is 19.5 Å². The Bertz CT molecular complexity index is 352. The van der Waals surface area contributed by atoms with E-state index in [1.807, 2.05) is 0 Å². The molecule has 1 aromatic carbocycles. The van der Waals surface area contributed by atoms with Gasteiger partial charge in [0.1, 0.15) is 0 Å². The molecule has 0 atom stereocenters. The van der Waals surface area contributed by atoms with Gasteiger partial charge in [-0.1, -0.05) is 11.6 Å². The highest BCUT2D eigenvalue weighted by atomic mass is 79.9. The van der Waals surface area contributed by atoms with Gasteiger partial charge in [-0.3, -0.25) is 0 Å². The van der Waals surface area contributed by atoms with Crippen LogP contribution in [0, 0.1) is 0 Å². The highest BCUT2D eigenvalue weighted by Crippen LogP contribution is 2.32. The van der Waals surface area contributed by atoms with Gasteiger partial charge in [0.05, 0.1) is 22.2 Å². The number of esters is 1. The molecular formula is C8H5Br2ClO2. The molecule has 0 amide bonds. The predicted octanol–water partition coefficient (Wildman–Crippen LogP) is 3.65. The number of carbonyl (C=O) groups excluding carboxylic acids is 1. The number of hydrogen-bond acceptors (Lipinski definition) is 2. The Labute approximate surface area is 97.5 Å². The first-order chi connectivity index (χ1) is 6.07. The molecule has 2 nitrogen and oxygen atoms in total. The van der Waals surface area contributed by atoms with Gasteiger partial charge in [-0.05, 0) is 44.0 Å². The third-order valence-electron chi connectivity index (χ3n) is 1.43. The first kappa shape index (κ1) is 11.0. The summed E-state index contributed by atoms with van der Waals surface area (Å²) in [6.07, 6.45) is 0. The second-order valence-electron chi connectivity index (χ2n) is 2.21. The van der Waals surface area contributed by atoms with Gasteiger partial charge in [0.2, 0.25) is 0 Å². The number of rotatable bonds is 1. The molecule has 0 saturated heterocycles. The number of halogens is 3. The smallest absolute Gasteiger partial charge is 0.340 e. The van der Waals surface area contributed by atoms with Gasteiger partial charge in [-0.25, -0.2) is 4.79 Å². The van der Waals surface area contributed by atoms with E-state index < -0.39 is 5.97 Å². The summed E-state index contributed by atoms with van der Waals surface area (Å²) in [6.45, 7) is 0. The number of benzene rings is 1. The Morgan fingerprint density at radius 1 is 1.46 bits per heavy atom. The van der Waals surface area contributed by atoms with E-state index in [0.717, 1.165) is 0 Å². The molecule has 5 heteroatoms. The average molecular weight is 328 g/mol. The minimum absolute atomic E-state index is 0.398. The zero-order valence-electron chi connectivity index (χ0n) is 6.61. The SMILES string of the molecule is COC(=O)c1c(Br)ccc(Cl)c1Br. The van der Waals surface area contributed by atoms with Crippen molar-refractivity contribution in [2.24, 2.45) is 0 Å². The Hall–Kier alpha value is -0.0600. The number of hydrogen-bond donors (Lipinski definition) is 0. The van der Waals surface area contributed by atoms with Crippen LogP contribution in [-0.4, -0.2) is 13.1 Å². The number of methoxy groups -OCH3 is 1. The quantitative estimate of drug-likeness (QED) is 0.581. The molecule has 1 aromatic rings. The van der Waals surface area contributed by atoms with Crippen LogP contribution in [-0.2, 0) is 4.74 Å². The molecule has 0 bridgehead atoms. The molecule has 0 saturated carbocycles. The van der Waals surface area contributed by atoms with Crippen molar-refractivity contribution in [3.05, 3.63) is 31.7 Å². The monoisotopic (exact) mass is 326 g/mol. The predicted molar refractivity (Wildman–Crippen MR) is 58.2 cm³/mol. The van der Waals surface area contributed by atoms with Crippen molar-refractivity contribution in [1.29, 1.82) is 0 Å². The summed E-state index contributed by atoms with van der Waals surface area (Å²) >= 11 is 12.3. The first-order valence-corrected chi connectivity index (χ1v) is 5.26. The normalized spacial score (nSPS) is 9.85. The topological polar surface area (TPSA) is 26.3 Å². The van der Waals surface area contributed by atoms with Crippen LogP contribution >= 0.6 is 43.5 Å². The lowest BCUT2D eigenvalue weighted by Gasteiger charge is -2.05. The van der Waals surface area contributed by atoms with E-state index in [1.165, 1.54) is 7.11 Å². The van der Waals surface area contributed by atoms with Gasteiger partial charge in [0.25, 0.3) is 0 Å². The number of carbonyl (C=O) groups is 1. The van der Waals surface area contributed by atoms with Gasteiger partial charge in [-0.15, -0.1) is 0 Å². The van der Waals surface area contributed by atoms with Crippen LogP contribution in [0.1, 0.15) is 10.4 Å². The molecule has 0 aliphatic carbocycles. The minimum Gasteiger partial charge on any atom is -0.465 e. The standard InChI is InChI=1S/C8H5Br2ClO2/c1-13-8(12)6-4(9)2-3-5(11)7(6)10/h2-3H,1H3. The molecule has 1 rings (SSSR count). The van der Waals surface area contributed by atoms with Crippen molar-refractivity contribution < 1.29 is 9.53 Å². The maximum atomic E-state index is 11.3. The molecule has 0 spiro atoms. The fourth-order valence-corrected chi connectivity index (χ4v) is 2.24. The molecule has 0 radical (unpaired) electrons. The highest BCUT2D eigenvalue weighted by Gasteiger charge is 2.16. The maximum absolute atomic E-state index is 11.3. The summed E-state index contributed by atoms with van der Waals surface area (Å²) in [5.41, 5.74) is 0.398. The van der Waals surface area contributed by atoms with Crippen LogP contribution in [0.25, 0.3) is 0 Å². The lowest BCUT2D eigenvalue weighted by Crippen LogP contribution is -2.03. The van der Waals surface area contributed by atoms with E-state index in [1.54, 1.807) is 12.1 Å². The van der Waals surface area contributed by atoms with Crippen LogP contribution in [0.15, 0.2) is 21.1 Å². The molecule has 0 aliphatic rings. The van der Waals surface area contributed by atoms with Gasteiger partial charge in [0.15, 0.2) is 0 Å². The van der Waals surface area contributed by atoms with Crippen molar-refractivity contribution in [3.8, 4) is 0 Å². The second kappa shape index (κ2) is 4.44. The Balaban J connectivity index is 3.33. The molecule has 0 fully saturated rings. The zero-order chi connectivity index (χ0) is 10.0. The minimum atomic E-state index is -0.429. The second-order valence-corrected chi connectivity index (χ2v) is 4.26. The van der Waals surface area contributed by atoms with Crippen LogP contribution in [0.5, 0.6) is 0 Å². The summed E-state index contributed by atoms with van der Waals surface area (Å²) < 4.78 is 5.78. The molecule has 0 unspecified atom stereocenters. The largest absolute Gasteiger partial charge is 0.465 e. The highest BCUT2D eigenvalue weighted by molar-refractivity contribution is 9.11. The van der Waals surface area contributed by atoms with Gasteiger partial charge >= 0.3 is 5.97 Å². The molecule has 0 N–H and O–H groups in total. The molecular weight excluding hydrogens is 323 g/mol. The Morgan fingerprint density at radius 2 is 2.08 bits per heavy atom. The van der Waals surface area contributed by atoms with E-state index in [-0.39, 0.29) is 0 Å². The first-order valence-electron chi connectivity index (χ1n) is 3.29. The van der Waals surface area contributed by atoms with Crippen molar-refractivity contribution in [1.82, 2.24) is 0 Å². The van der Waals surface area contributed by atoms with E-state index in [4.69, 9.17) is 11.6 Å². The fraction of sp³-hybridized carbons (Fsp3) is 0.125. The lowest BCUT2D eigenvalue weighted by molar-refractivity contribution is 0.0598. The van der Waals surface area contributed by atoms with Gasteiger partial charge in [-0.2, -0.15) is 0 Å². The summed E-state index contributed by atoms with van der Waals surface area (Å²) in [4.78, 5) is 11.3. The van der Waals surface area contributed by atoms with Crippen molar-refractivity contribution in [2.45, 2.75) is 0 Å². The molecule has 0 aromatic heterocycles. The van der Waals surface area contributed by atoms with Crippen molar-refractivity contribution in [2.75, 3.05) is 7.11 Å². The van der Waals surface area contributed by atoms with E-state index >= 15 is 0 Å². The Morgan fingerprint density at radius 3 is 2.62 bits per heavy atom. The van der Waals surface area contributed by atoms with Crippen LogP contribution < -0.4 is 0 Å². The molecule has 0 aliphatic heterocycles. The maximum Gasteiger partial charge on any atom is 0.340 e.